The Morgan fingerprint density at radius 1 is 1.50 bits per heavy atom. The van der Waals surface area contributed by atoms with Crippen LogP contribution in [0.25, 0.3) is 0 Å². The summed E-state index contributed by atoms with van der Waals surface area (Å²) >= 11 is 5.19. The minimum atomic E-state index is 0.800. The SMILES string of the molecule is CN=C(NCCCOCC1CC1)NCc1cc(Br)cs1. The average molecular weight is 360 g/mol. The molecule has 112 valence electrons. The minimum Gasteiger partial charge on any atom is -0.381 e. The molecule has 2 rings (SSSR count). The molecule has 0 unspecified atom stereocenters. The van der Waals surface area contributed by atoms with Gasteiger partial charge in [0, 0.05) is 41.5 Å². The summed E-state index contributed by atoms with van der Waals surface area (Å²) in [5.74, 6) is 1.69. The lowest BCUT2D eigenvalue weighted by Crippen LogP contribution is -2.37. The van der Waals surface area contributed by atoms with Crippen molar-refractivity contribution in [3.8, 4) is 0 Å². The molecule has 6 heteroatoms. The van der Waals surface area contributed by atoms with E-state index in [1.54, 1.807) is 18.4 Å². The Balaban J connectivity index is 1.52. The molecule has 1 heterocycles. The van der Waals surface area contributed by atoms with Gasteiger partial charge in [0.1, 0.15) is 0 Å². The first-order valence-corrected chi connectivity index (χ1v) is 8.70. The van der Waals surface area contributed by atoms with E-state index < -0.39 is 0 Å². The van der Waals surface area contributed by atoms with Crippen LogP contribution in [0, 0.1) is 5.92 Å². The maximum atomic E-state index is 5.60. The lowest BCUT2D eigenvalue weighted by molar-refractivity contribution is 0.123. The van der Waals surface area contributed by atoms with Crippen molar-refractivity contribution in [3.05, 3.63) is 20.8 Å². The van der Waals surface area contributed by atoms with E-state index in [4.69, 9.17) is 4.74 Å². The van der Waals surface area contributed by atoms with E-state index in [1.807, 2.05) is 0 Å². The number of hydrogen-bond donors (Lipinski definition) is 2. The summed E-state index contributed by atoms with van der Waals surface area (Å²) in [7, 11) is 1.79. The zero-order valence-electron chi connectivity index (χ0n) is 11.8. The highest BCUT2D eigenvalue weighted by atomic mass is 79.9. The van der Waals surface area contributed by atoms with E-state index in [-0.39, 0.29) is 0 Å². The van der Waals surface area contributed by atoms with Crippen molar-refractivity contribution >= 4 is 33.2 Å². The lowest BCUT2D eigenvalue weighted by Gasteiger charge is -2.11. The highest BCUT2D eigenvalue weighted by Crippen LogP contribution is 2.28. The van der Waals surface area contributed by atoms with Gasteiger partial charge in [0.05, 0.1) is 6.54 Å². The Kier molecular flexibility index (Phi) is 6.82. The molecule has 1 aromatic rings. The molecule has 0 bridgehead atoms. The first-order chi connectivity index (χ1) is 9.78. The van der Waals surface area contributed by atoms with Gasteiger partial charge in [-0.15, -0.1) is 11.3 Å². The van der Waals surface area contributed by atoms with Gasteiger partial charge in [0.2, 0.25) is 0 Å². The second-order valence-corrected chi connectivity index (χ2v) is 6.87. The smallest absolute Gasteiger partial charge is 0.191 e. The van der Waals surface area contributed by atoms with Crippen LogP contribution in [-0.4, -0.2) is 32.8 Å². The fraction of sp³-hybridized carbons (Fsp3) is 0.643. The van der Waals surface area contributed by atoms with Gasteiger partial charge in [0.15, 0.2) is 5.96 Å². The monoisotopic (exact) mass is 359 g/mol. The quantitative estimate of drug-likeness (QED) is 0.426. The van der Waals surface area contributed by atoms with Crippen molar-refractivity contribution in [3.63, 3.8) is 0 Å². The van der Waals surface area contributed by atoms with E-state index in [9.17, 15) is 0 Å². The maximum absolute atomic E-state index is 5.60. The van der Waals surface area contributed by atoms with Crippen LogP contribution in [0.4, 0.5) is 0 Å². The molecule has 1 aliphatic carbocycles. The van der Waals surface area contributed by atoms with Gasteiger partial charge in [-0.3, -0.25) is 4.99 Å². The third-order valence-corrected chi connectivity index (χ3v) is 4.78. The topological polar surface area (TPSA) is 45.7 Å². The molecule has 0 saturated heterocycles. The molecule has 0 atom stereocenters. The van der Waals surface area contributed by atoms with Gasteiger partial charge in [0.25, 0.3) is 0 Å². The molecule has 0 spiro atoms. The number of ether oxygens (including phenoxy) is 1. The van der Waals surface area contributed by atoms with Crippen LogP contribution >= 0.6 is 27.3 Å². The largest absolute Gasteiger partial charge is 0.381 e. The van der Waals surface area contributed by atoms with Crippen molar-refractivity contribution < 1.29 is 4.74 Å². The number of nitrogens with one attached hydrogen (secondary N) is 2. The van der Waals surface area contributed by atoms with Crippen molar-refractivity contribution in [2.45, 2.75) is 25.8 Å². The predicted molar refractivity (Wildman–Crippen MR) is 88.4 cm³/mol. The summed E-state index contributed by atoms with van der Waals surface area (Å²) in [6.07, 6.45) is 3.72. The zero-order valence-corrected chi connectivity index (χ0v) is 14.2. The summed E-state index contributed by atoms with van der Waals surface area (Å²) in [5.41, 5.74) is 0. The molecule has 0 radical (unpaired) electrons. The second-order valence-electron chi connectivity index (χ2n) is 4.96. The Bertz CT molecular complexity index is 432. The normalized spacial score (nSPS) is 15.4. The number of thiophene rings is 1. The predicted octanol–water partition coefficient (Wildman–Crippen LogP) is 2.99. The first kappa shape index (κ1) is 15.8. The number of aliphatic imine (C=N–C) groups is 1. The van der Waals surface area contributed by atoms with E-state index in [0.717, 1.165) is 49.1 Å². The summed E-state index contributed by atoms with van der Waals surface area (Å²) in [4.78, 5) is 5.50. The molecule has 1 aliphatic rings. The molecule has 0 aliphatic heterocycles. The van der Waals surface area contributed by atoms with Crippen molar-refractivity contribution in [1.82, 2.24) is 10.6 Å². The number of guanidine groups is 1. The van der Waals surface area contributed by atoms with Crippen LogP contribution in [-0.2, 0) is 11.3 Å². The summed E-state index contributed by atoms with van der Waals surface area (Å²) in [6, 6.07) is 2.12. The van der Waals surface area contributed by atoms with Crippen LogP contribution in [0.3, 0.4) is 0 Å². The van der Waals surface area contributed by atoms with Gasteiger partial charge in [-0.1, -0.05) is 0 Å². The molecule has 0 amide bonds. The Labute approximate surface area is 133 Å². The Morgan fingerprint density at radius 3 is 3.00 bits per heavy atom. The van der Waals surface area contributed by atoms with Crippen LogP contribution < -0.4 is 10.6 Å². The van der Waals surface area contributed by atoms with Crippen LogP contribution in [0.1, 0.15) is 24.1 Å². The third kappa shape index (κ3) is 6.24. The fourth-order valence-corrected chi connectivity index (χ4v) is 3.14. The number of halogens is 1. The van der Waals surface area contributed by atoms with E-state index in [0.29, 0.717) is 0 Å². The molecule has 1 fully saturated rings. The van der Waals surface area contributed by atoms with Crippen molar-refractivity contribution in [2.24, 2.45) is 10.9 Å². The van der Waals surface area contributed by atoms with E-state index >= 15 is 0 Å². The number of hydrogen-bond acceptors (Lipinski definition) is 3. The Morgan fingerprint density at radius 2 is 2.35 bits per heavy atom. The minimum absolute atomic E-state index is 0.800. The molecule has 4 nitrogen and oxygen atoms in total. The number of nitrogens with zero attached hydrogens (tertiary/aromatic N) is 1. The molecular formula is C14H22BrN3OS. The average Bonchev–Trinajstić information content (AvgIpc) is 3.18. The molecular weight excluding hydrogens is 338 g/mol. The molecule has 1 aromatic heterocycles. The highest BCUT2D eigenvalue weighted by molar-refractivity contribution is 9.10. The molecule has 1 saturated carbocycles. The van der Waals surface area contributed by atoms with Crippen LogP contribution in [0.2, 0.25) is 0 Å². The van der Waals surface area contributed by atoms with Gasteiger partial charge >= 0.3 is 0 Å². The maximum Gasteiger partial charge on any atom is 0.191 e. The molecule has 2 N–H and O–H groups in total. The van der Waals surface area contributed by atoms with Crippen molar-refractivity contribution in [2.75, 3.05) is 26.8 Å². The lowest BCUT2D eigenvalue weighted by atomic mass is 10.4. The summed E-state index contributed by atoms with van der Waals surface area (Å²) < 4.78 is 6.74. The zero-order chi connectivity index (χ0) is 14.2. The molecule has 20 heavy (non-hydrogen) atoms. The standard InChI is InChI=1S/C14H22BrN3OS/c1-16-14(18-8-13-7-12(15)10-20-13)17-5-2-6-19-9-11-3-4-11/h7,10-11H,2-6,8-9H2,1H3,(H2,16,17,18). The van der Waals surface area contributed by atoms with Gasteiger partial charge < -0.3 is 15.4 Å². The second kappa shape index (κ2) is 8.64. The number of rotatable bonds is 8. The summed E-state index contributed by atoms with van der Waals surface area (Å²) in [5, 5.41) is 8.70. The third-order valence-electron chi connectivity index (χ3n) is 3.08. The van der Waals surface area contributed by atoms with Gasteiger partial charge in [-0.2, -0.15) is 0 Å². The van der Waals surface area contributed by atoms with E-state index in [2.05, 4.69) is 43.0 Å². The van der Waals surface area contributed by atoms with E-state index in [1.165, 1.54) is 17.7 Å². The molecule has 0 aromatic carbocycles. The first-order valence-electron chi connectivity index (χ1n) is 7.03. The summed E-state index contributed by atoms with van der Waals surface area (Å²) in [6.45, 7) is 3.46. The van der Waals surface area contributed by atoms with Crippen LogP contribution in [0.5, 0.6) is 0 Å². The van der Waals surface area contributed by atoms with Gasteiger partial charge in [-0.05, 0) is 47.2 Å². The van der Waals surface area contributed by atoms with Crippen molar-refractivity contribution in [1.29, 1.82) is 0 Å². The Hall–Kier alpha value is -0.590. The highest BCUT2D eigenvalue weighted by Gasteiger charge is 2.20. The van der Waals surface area contributed by atoms with Gasteiger partial charge in [-0.25, -0.2) is 0 Å². The fourth-order valence-electron chi connectivity index (χ4n) is 1.75. The van der Waals surface area contributed by atoms with Crippen LogP contribution in [0.15, 0.2) is 20.9 Å².